The fourth-order valence-corrected chi connectivity index (χ4v) is 4.27. The lowest BCUT2D eigenvalue weighted by Crippen LogP contribution is -2.41. The highest BCUT2D eigenvalue weighted by molar-refractivity contribution is 14.0. The van der Waals surface area contributed by atoms with Gasteiger partial charge in [-0.25, -0.2) is 0 Å². The van der Waals surface area contributed by atoms with E-state index in [0.717, 1.165) is 25.5 Å². The lowest BCUT2D eigenvalue weighted by atomic mass is 10.0. The maximum absolute atomic E-state index is 4.56. The molecule has 3 unspecified atom stereocenters. The Kier molecular flexibility index (Phi) is 6.44. The van der Waals surface area contributed by atoms with Crippen LogP contribution in [-0.4, -0.2) is 46.8 Å². The highest BCUT2D eigenvalue weighted by atomic mass is 127. The van der Waals surface area contributed by atoms with Crippen molar-refractivity contribution in [1.82, 2.24) is 20.0 Å². The molecule has 1 aliphatic carbocycles. The summed E-state index contributed by atoms with van der Waals surface area (Å²) in [5, 5.41) is 7.99. The molecule has 1 saturated carbocycles. The van der Waals surface area contributed by atoms with Crippen LogP contribution in [0.4, 0.5) is 0 Å². The van der Waals surface area contributed by atoms with Gasteiger partial charge in [-0.3, -0.25) is 9.67 Å². The van der Waals surface area contributed by atoms with E-state index in [1.165, 1.54) is 29.5 Å². The summed E-state index contributed by atoms with van der Waals surface area (Å²) >= 11 is 0. The van der Waals surface area contributed by atoms with Crippen LogP contribution in [0, 0.1) is 12.8 Å². The maximum atomic E-state index is 4.56. The van der Waals surface area contributed by atoms with Crippen molar-refractivity contribution in [2.45, 2.75) is 38.1 Å². The van der Waals surface area contributed by atoms with E-state index < -0.39 is 0 Å². The molecule has 6 heteroatoms. The fourth-order valence-electron chi connectivity index (χ4n) is 4.27. The van der Waals surface area contributed by atoms with E-state index >= 15 is 0 Å². The molecule has 4 rings (SSSR count). The first-order valence-corrected chi connectivity index (χ1v) is 9.65. The van der Waals surface area contributed by atoms with Crippen molar-refractivity contribution in [2.75, 3.05) is 20.1 Å². The van der Waals surface area contributed by atoms with Crippen molar-refractivity contribution in [3.8, 4) is 0 Å². The molecular formula is C21H30IN5. The van der Waals surface area contributed by atoms with Gasteiger partial charge < -0.3 is 10.2 Å². The summed E-state index contributed by atoms with van der Waals surface area (Å²) in [6.07, 6.45) is 7.66. The Bertz CT molecular complexity index is 799. The van der Waals surface area contributed by atoms with E-state index in [0.29, 0.717) is 17.9 Å². The fraction of sp³-hybridized carbons (Fsp3) is 0.524. The minimum Gasteiger partial charge on any atom is -0.353 e. The molecule has 5 nitrogen and oxygen atoms in total. The van der Waals surface area contributed by atoms with Crippen LogP contribution >= 0.6 is 24.0 Å². The molecule has 2 aromatic rings. The van der Waals surface area contributed by atoms with E-state index in [4.69, 9.17) is 0 Å². The Morgan fingerprint density at radius 2 is 2.15 bits per heavy atom. The van der Waals surface area contributed by atoms with Crippen LogP contribution in [0.25, 0.3) is 0 Å². The minimum atomic E-state index is 0. The second-order valence-electron chi connectivity index (χ2n) is 7.82. The third-order valence-electron chi connectivity index (χ3n) is 5.77. The number of benzene rings is 1. The average molecular weight is 479 g/mol. The zero-order chi connectivity index (χ0) is 18.1. The quantitative estimate of drug-likeness (QED) is 0.416. The summed E-state index contributed by atoms with van der Waals surface area (Å²) in [4.78, 5) is 6.99. The van der Waals surface area contributed by atoms with Gasteiger partial charge in [0.2, 0.25) is 0 Å². The third kappa shape index (κ3) is 4.65. The molecule has 1 aromatic heterocycles. The van der Waals surface area contributed by atoms with E-state index in [9.17, 15) is 0 Å². The first-order chi connectivity index (χ1) is 12.6. The van der Waals surface area contributed by atoms with Gasteiger partial charge in [-0.2, -0.15) is 5.10 Å². The predicted octanol–water partition coefficient (Wildman–Crippen LogP) is 3.34. The summed E-state index contributed by atoms with van der Waals surface area (Å²) in [5.41, 5.74) is 4.22. The number of hydrogen-bond donors (Lipinski definition) is 1. The molecule has 146 valence electrons. The number of likely N-dealkylation sites (tertiary alicyclic amines) is 1. The monoisotopic (exact) mass is 479 g/mol. The third-order valence-corrected chi connectivity index (χ3v) is 5.77. The molecule has 0 amide bonds. The number of aryl methyl sites for hydroxylation is 2. The van der Waals surface area contributed by atoms with Crippen LogP contribution in [-0.2, 0) is 13.5 Å². The normalized spacial score (nSPS) is 24.6. The molecule has 0 bridgehead atoms. The van der Waals surface area contributed by atoms with Gasteiger partial charge in [-0.1, -0.05) is 24.3 Å². The highest BCUT2D eigenvalue weighted by Gasteiger charge is 2.40. The Morgan fingerprint density at radius 3 is 2.85 bits per heavy atom. The molecule has 3 atom stereocenters. The topological polar surface area (TPSA) is 45.5 Å². The van der Waals surface area contributed by atoms with Crippen LogP contribution in [0.3, 0.4) is 0 Å². The van der Waals surface area contributed by atoms with Gasteiger partial charge in [-0.15, -0.1) is 24.0 Å². The Labute approximate surface area is 179 Å². The zero-order valence-electron chi connectivity index (χ0n) is 16.4. The Morgan fingerprint density at radius 1 is 1.33 bits per heavy atom. The van der Waals surface area contributed by atoms with E-state index in [-0.39, 0.29) is 24.0 Å². The number of rotatable bonds is 4. The standard InChI is InChI=1S/C21H29N5.HI/c1-15-6-4-5-7-18(15)19-11-20(19)24-21(22-2)26-9-8-16(14-26)10-17-12-23-25(3)13-17;/h4-7,12-13,16,19-20H,8-11,14H2,1-3H3,(H,22,24);1H. The lowest BCUT2D eigenvalue weighted by molar-refractivity contribution is 0.459. The Balaban J connectivity index is 0.00000210. The number of hydrogen-bond acceptors (Lipinski definition) is 2. The van der Waals surface area contributed by atoms with Gasteiger partial charge >= 0.3 is 0 Å². The molecule has 1 saturated heterocycles. The lowest BCUT2D eigenvalue weighted by Gasteiger charge is -2.22. The summed E-state index contributed by atoms with van der Waals surface area (Å²) in [6, 6.07) is 9.27. The second-order valence-corrected chi connectivity index (χ2v) is 7.82. The van der Waals surface area contributed by atoms with Crippen LogP contribution in [0.2, 0.25) is 0 Å². The SMILES string of the molecule is CN=C(NC1CC1c1ccccc1C)N1CCC(Cc2cnn(C)c2)C1.I. The minimum absolute atomic E-state index is 0. The predicted molar refractivity (Wildman–Crippen MR) is 121 cm³/mol. The van der Waals surface area contributed by atoms with Crippen LogP contribution in [0.15, 0.2) is 41.7 Å². The summed E-state index contributed by atoms with van der Waals surface area (Å²) < 4.78 is 1.89. The first-order valence-electron chi connectivity index (χ1n) is 9.65. The molecule has 2 aliphatic rings. The van der Waals surface area contributed by atoms with E-state index in [1.807, 2.05) is 25.0 Å². The van der Waals surface area contributed by atoms with E-state index in [1.54, 1.807) is 0 Å². The maximum Gasteiger partial charge on any atom is 0.193 e. The molecule has 2 fully saturated rings. The van der Waals surface area contributed by atoms with Gasteiger partial charge in [0.05, 0.1) is 6.20 Å². The van der Waals surface area contributed by atoms with Crippen molar-refractivity contribution < 1.29 is 0 Å². The van der Waals surface area contributed by atoms with Crippen LogP contribution < -0.4 is 5.32 Å². The van der Waals surface area contributed by atoms with Crippen molar-refractivity contribution in [3.63, 3.8) is 0 Å². The Hall–Kier alpha value is -1.57. The summed E-state index contributed by atoms with van der Waals surface area (Å²) in [6.45, 7) is 4.38. The molecule has 0 radical (unpaired) electrons. The van der Waals surface area contributed by atoms with E-state index in [2.05, 4.69) is 57.7 Å². The van der Waals surface area contributed by atoms with Gasteiger partial charge in [0.25, 0.3) is 0 Å². The van der Waals surface area contributed by atoms with Crippen LogP contribution in [0.5, 0.6) is 0 Å². The first kappa shape index (κ1) is 20.2. The number of aliphatic imine (C=N–C) groups is 1. The average Bonchev–Trinajstić information content (AvgIpc) is 3.02. The number of guanidine groups is 1. The molecule has 1 aromatic carbocycles. The second kappa shape index (κ2) is 8.63. The summed E-state index contributed by atoms with van der Waals surface area (Å²) in [7, 11) is 3.89. The van der Waals surface area contributed by atoms with Crippen molar-refractivity contribution >= 4 is 29.9 Å². The van der Waals surface area contributed by atoms with Gasteiger partial charge in [0.1, 0.15) is 0 Å². The van der Waals surface area contributed by atoms with Gasteiger partial charge in [0, 0.05) is 45.3 Å². The smallest absolute Gasteiger partial charge is 0.193 e. The van der Waals surface area contributed by atoms with Gasteiger partial charge in [0.15, 0.2) is 5.96 Å². The molecule has 1 N–H and O–H groups in total. The molecule has 27 heavy (non-hydrogen) atoms. The van der Waals surface area contributed by atoms with Crippen molar-refractivity contribution in [3.05, 3.63) is 53.3 Å². The number of nitrogens with one attached hydrogen (secondary N) is 1. The largest absolute Gasteiger partial charge is 0.353 e. The molecular weight excluding hydrogens is 449 g/mol. The number of nitrogens with zero attached hydrogens (tertiary/aromatic N) is 4. The highest BCUT2D eigenvalue weighted by Crippen LogP contribution is 2.42. The number of halogens is 1. The molecule has 0 spiro atoms. The van der Waals surface area contributed by atoms with Gasteiger partial charge in [-0.05, 0) is 48.8 Å². The zero-order valence-corrected chi connectivity index (χ0v) is 18.8. The van der Waals surface area contributed by atoms with Crippen molar-refractivity contribution in [1.29, 1.82) is 0 Å². The van der Waals surface area contributed by atoms with Crippen LogP contribution in [0.1, 0.15) is 35.4 Å². The molecule has 1 aliphatic heterocycles. The molecule has 2 heterocycles. The number of aromatic nitrogens is 2. The summed E-state index contributed by atoms with van der Waals surface area (Å²) in [5.74, 6) is 2.38. The van der Waals surface area contributed by atoms with Crippen molar-refractivity contribution in [2.24, 2.45) is 18.0 Å².